The summed E-state index contributed by atoms with van der Waals surface area (Å²) in [5.74, 6) is 0. The molecular weight excluding hydrogens is 218 g/mol. The molecule has 0 saturated carbocycles. The van der Waals surface area contributed by atoms with Gasteiger partial charge in [0.2, 0.25) is 0 Å². The number of nitrogens with two attached hydrogens (primary N) is 1. The first-order chi connectivity index (χ1) is 8.49. The molecule has 1 atom stereocenters. The quantitative estimate of drug-likeness (QED) is 0.830. The summed E-state index contributed by atoms with van der Waals surface area (Å²) in [5, 5.41) is 0. The van der Waals surface area contributed by atoms with Crippen molar-refractivity contribution in [2.45, 2.75) is 33.7 Å². The molecule has 0 amide bonds. The molecule has 0 radical (unpaired) electrons. The lowest BCUT2D eigenvalue weighted by molar-refractivity contribution is 0.818. The molecule has 0 fully saturated rings. The lowest BCUT2D eigenvalue weighted by atomic mass is 9.92. The first-order valence-electron chi connectivity index (χ1n) is 6.43. The molecule has 0 aliphatic carbocycles. The van der Waals surface area contributed by atoms with Crippen LogP contribution in [0.4, 0.5) is 0 Å². The molecule has 0 aliphatic rings. The number of aryl methyl sites for hydroxylation is 3. The molecule has 0 aromatic heterocycles. The maximum Gasteiger partial charge on any atom is 0.0266 e. The van der Waals surface area contributed by atoms with Crippen LogP contribution in [0.5, 0.6) is 0 Å². The monoisotopic (exact) mass is 239 g/mol. The van der Waals surface area contributed by atoms with Gasteiger partial charge in [-0.3, -0.25) is 0 Å². The molecule has 1 unspecified atom stereocenters. The van der Waals surface area contributed by atoms with Gasteiger partial charge in [0.05, 0.1) is 0 Å². The Morgan fingerprint density at radius 3 is 2.11 bits per heavy atom. The van der Waals surface area contributed by atoms with Gasteiger partial charge in [0.25, 0.3) is 0 Å². The van der Waals surface area contributed by atoms with Crippen LogP contribution in [0.3, 0.4) is 0 Å². The Balaban J connectivity index is 2.59. The minimum atomic E-state index is 0.0796. The summed E-state index contributed by atoms with van der Waals surface area (Å²) in [6.07, 6.45) is 0. The Bertz CT molecular complexity index is 545. The highest BCUT2D eigenvalue weighted by Gasteiger charge is 2.08. The van der Waals surface area contributed by atoms with Gasteiger partial charge in [-0.1, -0.05) is 35.9 Å². The minimum Gasteiger partial charge on any atom is -0.324 e. The van der Waals surface area contributed by atoms with E-state index in [2.05, 4.69) is 57.2 Å². The van der Waals surface area contributed by atoms with Crippen molar-refractivity contribution in [2.75, 3.05) is 0 Å². The van der Waals surface area contributed by atoms with Crippen molar-refractivity contribution in [2.24, 2.45) is 5.73 Å². The van der Waals surface area contributed by atoms with E-state index in [1.807, 2.05) is 6.92 Å². The van der Waals surface area contributed by atoms with E-state index in [1.165, 1.54) is 33.4 Å². The lowest BCUT2D eigenvalue weighted by Gasteiger charge is -2.14. The number of hydrogen-bond donors (Lipinski definition) is 1. The van der Waals surface area contributed by atoms with E-state index in [0.717, 1.165) is 0 Å². The summed E-state index contributed by atoms with van der Waals surface area (Å²) in [6, 6.07) is 13.1. The lowest BCUT2D eigenvalue weighted by Crippen LogP contribution is -2.04. The normalized spacial score (nSPS) is 12.5. The molecule has 2 N–H and O–H groups in total. The maximum absolute atomic E-state index is 5.96. The second-order valence-electron chi connectivity index (χ2n) is 5.19. The van der Waals surface area contributed by atoms with Crippen molar-refractivity contribution in [1.82, 2.24) is 0 Å². The molecule has 2 aromatic carbocycles. The Hall–Kier alpha value is -1.60. The predicted octanol–water partition coefficient (Wildman–Crippen LogP) is 4.30. The van der Waals surface area contributed by atoms with Crippen LogP contribution in [-0.2, 0) is 0 Å². The summed E-state index contributed by atoms with van der Waals surface area (Å²) < 4.78 is 0. The standard InChI is InChI=1S/C17H21N/c1-11-8-12(2)17(13(3)9-11)16-7-5-6-15(10-16)14(4)18/h5-10,14H,18H2,1-4H3. The molecule has 2 aromatic rings. The van der Waals surface area contributed by atoms with E-state index in [0.29, 0.717) is 0 Å². The Morgan fingerprint density at radius 1 is 0.944 bits per heavy atom. The highest BCUT2D eigenvalue weighted by molar-refractivity contribution is 5.71. The molecule has 0 spiro atoms. The Labute approximate surface area is 110 Å². The van der Waals surface area contributed by atoms with Crippen LogP contribution < -0.4 is 5.73 Å². The van der Waals surface area contributed by atoms with Crippen LogP contribution in [0, 0.1) is 20.8 Å². The second-order valence-corrected chi connectivity index (χ2v) is 5.19. The van der Waals surface area contributed by atoms with E-state index in [9.17, 15) is 0 Å². The molecule has 0 heterocycles. The molecule has 0 bridgehead atoms. The fourth-order valence-corrected chi connectivity index (χ4v) is 2.61. The van der Waals surface area contributed by atoms with E-state index in [4.69, 9.17) is 5.73 Å². The molecule has 0 aliphatic heterocycles. The SMILES string of the molecule is Cc1cc(C)c(-c2cccc(C(C)N)c2)c(C)c1. The van der Waals surface area contributed by atoms with Gasteiger partial charge in [0.15, 0.2) is 0 Å². The average Bonchev–Trinajstić information content (AvgIpc) is 2.28. The third-order valence-corrected chi connectivity index (χ3v) is 3.38. The van der Waals surface area contributed by atoms with E-state index >= 15 is 0 Å². The van der Waals surface area contributed by atoms with E-state index in [-0.39, 0.29) is 6.04 Å². The van der Waals surface area contributed by atoms with Crippen molar-refractivity contribution in [3.05, 3.63) is 58.7 Å². The van der Waals surface area contributed by atoms with Gasteiger partial charge in [-0.25, -0.2) is 0 Å². The third kappa shape index (κ3) is 2.46. The fraction of sp³-hybridized carbons (Fsp3) is 0.294. The van der Waals surface area contributed by atoms with Crippen LogP contribution >= 0.6 is 0 Å². The average molecular weight is 239 g/mol. The smallest absolute Gasteiger partial charge is 0.0266 e. The highest BCUT2D eigenvalue weighted by atomic mass is 14.6. The molecule has 1 heteroatoms. The number of benzene rings is 2. The zero-order chi connectivity index (χ0) is 13.3. The first kappa shape index (κ1) is 12.8. The summed E-state index contributed by atoms with van der Waals surface area (Å²) >= 11 is 0. The van der Waals surface area contributed by atoms with Gasteiger partial charge < -0.3 is 5.73 Å². The van der Waals surface area contributed by atoms with Crippen molar-refractivity contribution in [1.29, 1.82) is 0 Å². The van der Waals surface area contributed by atoms with Crippen LogP contribution in [0.1, 0.15) is 35.2 Å². The van der Waals surface area contributed by atoms with Crippen LogP contribution in [0.15, 0.2) is 36.4 Å². The molecule has 2 rings (SSSR count). The number of rotatable bonds is 2. The van der Waals surface area contributed by atoms with E-state index < -0.39 is 0 Å². The van der Waals surface area contributed by atoms with Crippen LogP contribution in [0.2, 0.25) is 0 Å². The summed E-state index contributed by atoms with van der Waals surface area (Å²) in [6.45, 7) is 8.51. The minimum absolute atomic E-state index is 0.0796. The topological polar surface area (TPSA) is 26.0 Å². The molecule has 1 nitrogen and oxygen atoms in total. The van der Waals surface area contributed by atoms with Gasteiger partial charge in [-0.15, -0.1) is 0 Å². The van der Waals surface area contributed by atoms with Crippen LogP contribution in [0.25, 0.3) is 11.1 Å². The van der Waals surface area contributed by atoms with E-state index in [1.54, 1.807) is 0 Å². The fourth-order valence-electron chi connectivity index (χ4n) is 2.61. The Morgan fingerprint density at radius 2 is 1.56 bits per heavy atom. The van der Waals surface area contributed by atoms with Crippen molar-refractivity contribution in [3.8, 4) is 11.1 Å². The predicted molar refractivity (Wildman–Crippen MR) is 78.7 cm³/mol. The largest absolute Gasteiger partial charge is 0.324 e. The second kappa shape index (κ2) is 4.95. The zero-order valence-electron chi connectivity index (χ0n) is 11.6. The van der Waals surface area contributed by atoms with Gasteiger partial charge in [-0.05, 0) is 61.6 Å². The van der Waals surface area contributed by atoms with Gasteiger partial charge in [-0.2, -0.15) is 0 Å². The first-order valence-corrected chi connectivity index (χ1v) is 6.43. The van der Waals surface area contributed by atoms with Gasteiger partial charge >= 0.3 is 0 Å². The van der Waals surface area contributed by atoms with Crippen molar-refractivity contribution in [3.63, 3.8) is 0 Å². The summed E-state index contributed by atoms with van der Waals surface area (Å²) in [5.41, 5.74) is 13.7. The highest BCUT2D eigenvalue weighted by Crippen LogP contribution is 2.29. The Kier molecular flexibility index (Phi) is 3.53. The van der Waals surface area contributed by atoms with Crippen molar-refractivity contribution >= 4 is 0 Å². The zero-order valence-corrected chi connectivity index (χ0v) is 11.6. The van der Waals surface area contributed by atoms with Gasteiger partial charge in [0, 0.05) is 6.04 Å². The third-order valence-electron chi connectivity index (χ3n) is 3.38. The molecular formula is C17H21N. The maximum atomic E-state index is 5.96. The summed E-state index contributed by atoms with van der Waals surface area (Å²) in [4.78, 5) is 0. The molecule has 18 heavy (non-hydrogen) atoms. The van der Waals surface area contributed by atoms with Crippen LogP contribution in [-0.4, -0.2) is 0 Å². The number of hydrogen-bond acceptors (Lipinski definition) is 1. The molecule has 94 valence electrons. The summed E-state index contributed by atoms with van der Waals surface area (Å²) in [7, 11) is 0. The van der Waals surface area contributed by atoms with Gasteiger partial charge in [0.1, 0.15) is 0 Å². The van der Waals surface area contributed by atoms with Crippen molar-refractivity contribution < 1.29 is 0 Å². The molecule has 0 saturated heterocycles.